The van der Waals surface area contributed by atoms with Crippen LogP contribution in [-0.4, -0.2) is 10.6 Å². The first-order valence-electron chi connectivity index (χ1n) is 3.65. The summed E-state index contributed by atoms with van der Waals surface area (Å²) in [5, 5.41) is 0. The average Bonchev–Trinajstić information content (AvgIpc) is 2.08. The van der Waals surface area contributed by atoms with Crippen LogP contribution in [0.2, 0.25) is 0 Å². The number of hydrogen-bond donors (Lipinski definition) is 0. The van der Waals surface area contributed by atoms with Gasteiger partial charge in [0.1, 0.15) is 0 Å². The highest BCUT2D eigenvalue weighted by molar-refractivity contribution is 14.1. The van der Waals surface area contributed by atoms with Crippen LogP contribution in [0.1, 0.15) is 17.3 Å². The zero-order valence-corrected chi connectivity index (χ0v) is 12.2. The van der Waals surface area contributed by atoms with Crippen LogP contribution in [0.15, 0.2) is 22.7 Å². The quantitative estimate of drug-likeness (QED) is 0.403. The molecule has 1 atom stereocenters. The van der Waals surface area contributed by atoms with E-state index in [0.717, 1.165) is 13.6 Å². The molecule has 0 aliphatic rings. The normalized spacial score (nSPS) is 12.6. The van der Waals surface area contributed by atoms with E-state index < -0.39 is 0 Å². The molecule has 0 amide bonds. The van der Waals surface area contributed by atoms with Crippen molar-refractivity contribution < 1.29 is 4.79 Å². The van der Waals surface area contributed by atoms with Gasteiger partial charge in [0, 0.05) is 13.6 Å². The fourth-order valence-electron chi connectivity index (χ4n) is 0.879. The number of Topliss-reactive ketones (excluding diaryl/α,β-unsaturated/α-hetero) is 1. The van der Waals surface area contributed by atoms with Gasteiger partial charge >= 0.3 is 0 Å². The van der Waals surface area contributed by atoms with E-state index in [4.69, 9.17) is 0 Å². The molecule has 0 aliphatic carbocycles. The summed E-state index contributed by atoms with van der Waals surface area (Å²) in [5.41, 5.74) is 0.733. The lowest BCUT2D eigenvalue weighted by molar-refractivity contribution is 0.0996. The summed E-state index contributed by atoms with van der Waals surface area (Å²) in [6.07, 6.45) is 0. The first-order chi connectivity index (χ1) is 6.02. The van der Waals surface area contributed by atoms with Gasteiger partial charge in [-0.15, -0.1) is 0 Å². The summed E-state index contributed by atoms with van der Waals surface area (Å²) >= 11 is 8.85. The van der Waals surface area contributed by atoms with Crippen molar-refractivity contribution in [2.45, 2.75) is 11.8 Å². The summed E-state index contributed by atoms with van der Waals surface area (Å²) in [5.74, 6) is 0.108. The molecule has 0 saturated carbocycles. The minimum Gasteiger partial charge on any atom is -0.293 e. The highest BCUT2D eigenvalue weighted by Gasteiger charge is 2.12. The molecule has 0 fully saturated rings. The Bertz CT molecular complexity index is 336. The zero-order valence-electron chi connectivity index (χ0n) is 6.85. The van der Waals surface area contributed by atoms with E-state index in [2.05, 4.69) is 54.5 Å². The Morgan fingerprint density at radius 3 is 2.62 bits per heavy atom. The maximum Gasteiger partial charge on any atom is 0.176 e. The number of carbonyl (C=O) groups excluding carboxylic acids is 1. The number of ketones is 1. The number of carbonyl (C=O) groups is 1. The van der Waals surface area contributed by atoms with Gasteiger partial charge in [-0.1, -0.05) is 22.0 Å². The van der Waals surface area contributed by atoms with Gasteiger partial charge in [-0.2, -0.15) is 0 Å². The van der Waals surface area contributed by atoms with Gasteiger partial charge in [0.05, 0.1) is 4.83 Å². The van der Waals surface area contributed by atoms with Gasteiger partial charge < -0.3 is 0 Å². The molecular weight excluding hydrogens is 411 g/mol. The second-order valence-electron chi connectivity index (χ2n) is 2.61. The largest absolute Gasteiger partial charge is 0.293 e. The van der Waals surface area contributed by atoms with Crippen molar-refractivity contribution in [1.82, 2.24) is 0 Å². The Balaban J connectivity index is 3.04. The molecule has 1 nitrogen and oxygen atoms in total. The number of hydrogen-bond acceptors (Lipinski definition) is 1. The maximum atomic E-state index is 11.5. The second-order valence-corrected chi connectivity index (χ2v) is 6.00. The summed E-state index contributed by atoms with van der Waals surface area (Å²) < 4.78 is 2.07. The van der Waals surface area contributed by atoms with Crippen LogP contribution in [0.25, 0.3) is 0 Å². The molecule has 1 unspecified atom stereocenters. The van der Waals surface area contributed by atoms with E-state index in [1.165, 1.54) is 0 Å². The van der Waals surface area contributed by atoms with Gasteiger partial charge in [0.25, 0.3) is 0 Å². The van der Waals surface area contributed by atoms with Crippen molar-refractivity contribution in [3.63, 3.8) is 0 Å². The maximum absolute atomic E-state index is 11.5. The molecule has 0 spiro atoms. The van der Waals surface area contributed by atoms with E-state index >= 15 is 0 Å². The van der Waals surface area contributed by atoms with Gasteiger partial charge in [0.15, 0.2) is 5.78 Å². The summed E-state index contributed by atoms with van der Waals surface area (Å²) in [4.78, 5) is 11.4. The highest BCUT2D eigenvalue weighted by atomic mass is 127. The number of rotatable bonds is 2. The zero-order chi connectivity index (χ0) is 10.0. The van der Waals surface area contributed by atoms with Gasteiger partial charge in [0.2, 0.25) is 0 Å². The Hall–Kier alpha value is 0.580. The molecule has 0 saturated heterocycles. The van der Waals surface area contributed by atoms with E-state index in [0.29, 0.717) is 0 Å². The Morgan fingerprint density at radius 1 is 1.54 bits per heavy atom. The summed E-state index contributed by atoms with van der Waals surface area (Å²) in [6.45, 7) is 1.83. The Morgan fingerprint density at radius 2 is 2.15 bits per heavy atom. The molecule has 0 aliphatic heterocycles. The molecule has 0 radical (unpaired) electrons. The predicted octanol–water partition coefficient (Wildman–Crippen LogP) is 4.02. The lowest BCUT2D eigenvalue weighted by atomic mass is 10.1. The Kier molecular flexibility index (Phi) is 4.38. The lowest BCUT2D eigenvalue weighted by Crippen LogP contribution is -2.09. The van der Waals surface area contributed by atoms with Crippen LogP contribution in [0.4, 0.5) is 0 Å². The second kappa shape index (κ2) is 4.89. The average molecular weight is 418 g/mol. The van der Waals surface area contributed by atoms with Crippen molar-refractivity contribution in [3.8, 4) is 0 Å². The number of alkyl halides is 1. The molecule has 4 heteroatoms. The Labute approximate surface area is 108 Å². The van der Waals surface area contributed by atoms with E-state index in [1.54, 1.807) is 0 Å². The van der Waals surface area contributed by atoms with Crippen LogP contribution < -0.4 is 0 Å². The fourth-order valence-corrected chi connectivity index (χ4v) is 1.86. The molecule has 0 bridgehead atoms. The standard InChI is InChI=1S/C9H7Br2IO/c1-5(10)9(13)6-2-3-8(12)7(11)4-6/h2-5H,1H3. The minimum absolute atomic E-state index is 0.108. The number of benzene rings is 1. The van der Waals surface area contributed by atoms with Crippen molar-refractivity contribution in [3.05, 3.63) is 31.8 Å². The van der Waals surface area contributed by atoms with Crippen LogP contribution in [0.5, 0.6) is 0 Å². The van der Waals surface area contributed by atoms with Crippen molar-refractivity contribution in [1.29, 1.82) is 0 Å². The first-order valence-corrected chi connectivity index (χ1v) is 6.44. The number of halogens is 3. The molecule has 0 N–H and O–H groups in total. The molecule has 13 heavy (non-hydrogen) atoms. The smallest absolute Gasteiger partial charge is 0.176 e. The van der Waals surface area contributed by atoms with Crippen molar-refractivity contribution >= 4 is 60.2 Å². The SMILES string of the molecule is CC(Br)C(=O)c1ccc(I)c(Br)c1. The van der Waals surface area contributed by atoms with Crippen LogP contribution in [-0.2, 0) is 0 Å². The first kappa shape index (κ1) is 11.7. The summed E-state index contributed by atoms with van der Waals surface area (Å²) in [7, 11) is 0. The van der Waals surface area contributed by atoms with E-state index in [1.807, 2.05) is 25.1 Å². The fraction of sp³-hybridized carbons (Fsp3) is 0.222. The van der Waals surface area contributed by atoms with Crippen molar-refractivity contribution in [2.24, 2.45) is 0 Å². The third-order valence-corrected chi connectivity index (χ3v) is 4.32. The molecule has 1 rings (SSSR count). The minimum atomic E-state index is -0.125. The molecule has 0 heterocycles. The van der Waals surface area contributed by atoms with Gasteiger partial charge in [-0.05, 0) is 57.6 Å². The summed E-state index contributed by atoms with van der Waals surface area (Å²) in [6, 6.07) is 5.61. The lowest BCUT2D eigenvalue weighted by Gasteiger charge is -2.03. The predicted molar refractivity (Wildman–Crippen MR) is 69.6 cm³/mol. The molecule has 70 valence electrons. The van der Waals surface area contributed by atoms with Crippen LogP contribution in [0.3, 0.4) is 0 Å². The van der Waals surface area contributed by atoms with Crippen molar-refractivity contribution in [2.75, 3.05) is 0 Å². The van der Waals surface area contributed by atoms with E-state index in [9.17, 15) is 4.79 Å². The third kappa shape index (κ3) is 3.02. The third-order valence-electron chi connectivity index (χ3n) is 1.57. The van der Waals surface area contributed by atoms with Crippen LogP contribution >= 0.6 is 54.5 Å². The van der Waals surface area contributed by atoms with Crippen LogP contribution in [0, 0.1) is 3.57 Å². The molecule has 1 aromatic rings. The highest BCUT2D eigenvalue weighted by Crippen LogP contribution is 2.21. The topological polar surface area (TPSA) is 17.1 Å². The molecule has 1 aromatic carbocycles. The van der Waals surface area contributed by atoms with Gasteiger partial charge in [-0.25, -0.2) is 0 Å². The van der Waals surface area contributed by atoms with Gasteiger partial charge in [-0.3, -0.25) is 4.79 Å². The van der Waals surface area contributed by atoms with E-state index in [-0.39, 0.29) is 10.6 Å². The molecular formula is C9H7Br2IO. The monoisotopic (exact) mass is 416 g/mol. The molecule has 0 aromatic heterocycles.